The molecule has 58 heavy (non-hydrogen) atoms. The van der Waals surface area contributed by atoms with Crippen LogP contribution in [0.5, 0.6) is 5.75 Å². The molecule has 15 nitrogen and oxygen atoms in total. The van der Waals surface area contributed by atoms with Gasteiger partial charge >= 0.3 is 0 Å². The number of nitrogens with one attached hydrogen (secondary N) is 2. The summed E-state index contributed by atoms with van der Waals surface area (Å²) in [5, 5.41) is 37.7. The lowest BCUT2D eigenvalue weighted by molar-refractivity contribution is -0.142. The van der Waals surface area contributed by atoms with Gasteiger partial charge in [0.2, 0.25) is 11.8 Å². The van der Waals surface area contributed by atoms with Gasteiger partial charge < -0.3 is 41.3 Å². The highest BCUT2D eigenvalue weighted by molar-refractivity contribution is 7.14. The van der Waals surface area contributed by atoms with Crippen molar-refractivity contribution in [2.24, 2.45) is 5.41 Å². The zero-order valence-corrected chi connectivity index (χ0v) is 34.7. The fraction of sp³-hybridized carbons (Fsp3) is 0.390. The van der Waals surface area contributed by atoms with Crippen LogP contribution in [0.2, 0.25) is 0 Å². The van der Waals surface area contributed by atoms with Crippen LogP contribution in [-0.2, 0) is 9.59 Å². The van der Waals surface area contributed by atoms with E-state index in [0.717, 1.165) is 27.4 Å². The Kier molecular flexibility index (Phi) is 11.7. The Balaban J connectivity index is 0.979. The van der Waals surface area contributed by atoms with Crippen molar-refractivity contribution < 1.29 is 24.6 Å². The van der Waals surface area contributed by atoms with E-state index in [1.807, 2.05) is 76.5 Å². The van der Waals surface area contributed by atoms with Gasteiger partial charge in [-0.25, -0.2) is 9.97 Å². The van der Waals surface area contributed by atoms with Crippen LogP contribution in [-0.4, -0.2) is 104 Å². The zero-order valence-electron chi connectivity index (χ0n) is 33.0. The van der Waals surface area contributed by atoms with E-state index in [4.69, 9.17) is 5.73 Å². The summed E-state index contributed by atoms with van der Waals surface area (Å²) in [6.45, 7) is 11.8. The number of aromatic hydroxyl groups is 1. The fourth-order valence-electron chi connectivity index (χ4n) is 7.34. The van der Waals surface area contributed by atoms with E-state index in [9.17, 15) is 24.6 Å². The molecule has 2 saturated heterocycles. The SMILES string of the molecule is Cc1ncsc1-c1ccc([C@H](C)NC(=O)[C@@H]2C[C@@H](O)CN2C(=O)C(NC(=O)c2csc(N3CCN(c4cc(-c5ccccc5O)nnc4N)CC3)n2)C(C)(C)C)cc1. The summed E-state index contributed by atoms with van der Waals surface area (Å²) in [6.07, 6.45) is -0.802. The molecule has 1 unspecified atom stereocenters. The molecule has 3 aromatic heterocycles. The Hall–Kier alpha value is -5.65. The number of aryl methyl sites for hydroxylation is 1. The average molecular weight is 825 g/mol. The molecule has 2 fully saturated rings. The predicted octanol–water partition coefficient (Wildman–Crippen LogP) is 4.63. The number of phenols is 1. The molecule has 2 aliphatic rings. The Morgan fingerprint density at radius 2 is 1.67 bits per heavy atom. The minimum absolute atomic E-state index is 0.0271. The number of nitrogens with two attached hydrogens (primary N) is 1. The van der Waals surface area contributed by atoms with Crippen molar-refractivity contribution in [2.75, 3.05) is 48.3 Å². The van der Waals surface area contributed by atoms with Crippen molar-refractivity contribution in [1.82, 2.24) is 35.7 Å². The van der Waals surface area contributed by atoms with Crippen molar-refractivity contribution in [3.63, 3.8) is 0 Å². The van der Waals surface area contributed by atoms with Crippen LogP contribution in [0, 0.1) is 12.3 Å². The molecular weight excluding hydrogens is 777 g/mol. The fourth-order valence-corrected chi connectivity index (χ4v) is 9.01. The Morgan fingerprint density at radius 3 is 2.34 bits per heavy atom. The highest BCUT2D eigenvalue weighted by atomic mass is 32.1. The first-order valence-electron chi connectivity index (χ1n) is 19.1. The monoisotopic (exact) mass is 824 g/mol. The van der Waals surface area contributed by atoms with E-state index in [0.29, 0.717) is 42.6 Å². The van der Waals surface area contributed by atoms with Crippen molar-refractivity contribution in [3.05, 3.63) is 82.4 Å². The number of aliphatic hydroxyl groups excluding tert-OH is 1. The van der Waals surface area contributed by atoms with Gasteiger partial charge in [0.1, 0.15) is 23.5 Å². The number of rotatable bonds is 10. The maximum Gasteiger partial charge on any atom is 0.271 e. The Bertz CT molecular complexity index is 2280. The minimum atomic E-state index is -1.00. The number of β-amino-alcohol motifs (C(OH)–C–C–N with tert-alkyl or cyclic N) is 1. The van der Waals surface area contributed by atoms with Crippen LogP contribution < -0.4 is 26.2 Å². The summed E-state index contributed by atoms with van der Waals surface area (Å²) in [5.74, 6) is -0.934. The van der Waals surface area contributed by atoms with Crippen LogP contribution >= 0.6 is 22.7 Å². The number of anilines is 3. The molecule has 6 N–H and O–H groups in total. The van der Waals surface area contributed by atoms with Gasteiger partial charge in [-0.05, 0) is 48.6 Å². The van der Waals surface area contributed by atoms with Gasteiger partial charge in [0.05, 0.1) is 39.6 Å². The molecule has 0 radical (unpaired) electrons. The molecule has 2 aliphatic heterocycles. The highest BCUT2D eigenvalue weighted by Gasteiger charge is 2.45. The number of amides is 3. The molecule has 0 saturated carbocycles. The predicted molar refractivity (Wildman–Crippen MR) is 226 cm³/mol. The van der Waals surface area contributed by atoms with E-state index in [1.165, 1.54) is 16.2 Å². The third-order valence-electron chi connectivity index (χ3n) is 10.6. The van der Waals surface area contributed by atoms with E-state index >= 15 is 0 Å². The molecule has 5 heterocycles. The first kappa shape index (κ1) is 40.5. The van der Waals surface area contributed by atoms with E-state index in [-0.39, 0.29) is 42.2 Å². The van der Waals surface area contributed by atoms with Gasteiger partial charge in [-0.15, -0.1) is 32.9 Å². The van der Waals surface area contributed by atoms with Gasteiger partial charge in [-0.2, -0.15) is 0 Å². The summed E-state index contributed by atoms with van der Waals surface area (Å²) in [5.41, 5.74) is 12.2. The smallest absolute Gasteiger partial charge is 0.271 e. The third kappa shape index (κ3) is 8.61. The van der Waals surface area contributed by atoms with Crippen molar-refractivity contribution >= 4 is 57.0 Å². The lowest BCUT2D eigenvalue weighted by Gasteiger charge is -2.36. The normalized spacial score (nSPS) is 18.2. The van der Waals surface area contributed by atoms with Gasteiger partial charge in [-0.3, -0.25) is 14.4 Å². The standard InChI is InChI=1S/C41H48N10O5S2/c1-23(25-10-12-26(13-11-25)34-24(2)43-22-58-34)44-38(55)32-18-27(52)20-51(32)39(56)35(41(3,4)5)46-37(54)30-21-57-40(45-30)50-16-14-49(15-17-50)31-19-29(47-48-36(31)42)28-8-6-7-9-33(28)53/h6-13,19,21-23,27,32,35,52-53H,14-18,20H2,1-5H3,(H2,42,48)(H,44,55)(H,46,54)/t23-,27+,32-,35?/m0/s1. The third-order valence-corrected chi connectivity index (χ3v) is 12.5. The van der Waals surface area contributed by atoms with Gasteiger partial charge in [0, 0.05) is 50.1 Å². The number of aliphatic hydroxyl groups is 1. The molecule has 0 aliphatic carbocycles. The maximum atomic E-state index is 14.3. The summed E-state index contributed by atoms with van der Waals surface area (Å²) in [7, 11) is 0. The number of hydrogen-bond acceptors (Lipinski definition) is 14. The number of benzene rings is 2. The molecule has 4 atom stereocenters. The number of likely N-dealkylation sites (tertiary alicyclic amines) is 1. The topological polar surface area (TPSA) is 203 Å². The van der Waals surface area contributed by atoms with E-state index in [1.54, 1.807) is 34.9 Å². The average Bonchev–Trinajstić information content (AvgIpc) is 3.97. The second-order valence-corrected chi connectivity index (χ2v) is 17.5. The maximum absolute atomic E-state index is 14.3. The molecule has 0 bridgehead atoms. The number of carbonyl (C=O) groups is 3. The van der Waals surface area contributed by atoms with Crippen LogP contribution in [0.15, 0.2) is 65.5 Å². The number of nitrogens with zero attached hydrogens (tertiary/aromatic N) is 7. The molecule has 0 spiro atoms. The number of aromatic nitrogens is 4. The van der Waals surface area contributed by atoms with Crippen LogP contribution in [0.25, 0.3) is 21.7 Å². The lowest BCUT2D eigenvalue weighted by Crippen LogP contribution is -2.57. The molecule has 2 aromatic carbocycles. The highest BCUT2D eigenvalue weighted by Crippen LogP contribution is 2.33. The zero-order chi connectivity index (χ0) is 41.3. The van der Waals surface area contributed by atoms with Crippen LogP contribution in [0.4, 0.5) is 16.6 Å². The molecule has 3 amide bonds. The molecule has 304 valence electrons. The number of carbonyl (C=O) groups excluding carboxylic acids is 3. The number of hydrogen-bond donors (Lipinski definition) is 5. The van der Waals surface area contributed by atoms with Crippen molar-refractivity contribution in [2.45, 2.75) is 65.3 Å². The minimum Gasteiger partial charge on any atom is -0.507 e. The van der Waals surface area contributed by atoms with Gasteiger partial charge in [0.25, 0.3) is 5.91 Å². The largest absolute Gasteiger partial charge is 0.507 e. The van der Waals surface area contributed by atoms with E-state index < -0.39 is 35.4 Å². The lowest BCUT2D eigenvalue weighted by atomic mass is 9.85. The number of para-hydroxylation sites is 1. The molecule has 17 heteroatoms. The summed E-state index contributed by atoms with van der Waals surface area (Å²) in [4.78, 5) is 57.4. The number of phenolic OH excluding ortho intramolecular Hbond substituents is 1. The summed E-state index contributed by atoms with van der Waals surface area (Å²) < 4.78 is 0. The van der Waals surface area contributed by atoms with E-state index in [2.05, 4.69) is 40.6 Å². The number of thiazole rings is 2. The summed E-state index contributed by atoms with van der Waals surface area (Å²) in [6, 6.07) is 14.4. The van der Waals surface area contributed by atoms with Crippen molar-refractivity contribution in [1.29, 1.82) is 0 Å². The first-order valence-corrected chi connectivity index (χ1v) is 20.9. The first-order chi connectivity index (χ1) is 27.7. The summed E-state index contributed by atoms with van der Waals surface area (Å²) >= 11 is 2.91. The Labute approximate surface area is 345 Å². The quantitative estimate of drug-likeness (QED) is 0.131. The van der Waals surface area contributed by atoms with Gasteiger partial charge in [0.15, 0.2) is 10.9 Å². The second kappa shape index (κ2) is 16.7. The number of nitrogen functional groups attached to an aromatic ring is 1. The molecular formula is C41H48N10O5S2. The second-order valence-electron chi connectivity index (χ2n) is 15.8. The molecule has 7 rings (SSSR count). The molecule has 5 aromatic rings. The van der Waals surface area contributed by atoms with Gasteiger partial charge in [-0.1, -0.05) is 57.2 Å². The number of piperazine rings is 1. The van der Waals surface area contributed by atoms with Crippen LogP contribution in [0.3, 0.4) is 0 Å². The van der Waals surface area contributed by atoms with Crippen molar-refractivity contribution in [3.8, 4) is 27.4 Å². The van der Waals surface area contributed by atoms with Crippen LogP contribution in [0.1, 0.15) is 61.9 Å². The Morgan fingerprint density at radius 1 is 0.966 bits per heavy atom.